The SMILES string of the molecule is CC.[HH].c1cc2cc[nH]c2[nH]1. The summed E-state index contributed by atoms with van der Waals surface area (Å²) in [6, 6.07) is 4.07. The summed E-state index contributed by atoms with van der Waals surface area (Å²) in [6.07, 6.45) is 3.84. The molecule has 0 saturated heterocycles. The Morgan fingerprint density at radius 1 is 1.10 bits per heavy atom. The van der Waals surface area contributed by atoms with Crippen LogP contribution in [0.5, 0.6) is 0 Å². The topological polar surface area (TPSA) is 31.6 Å². The van der Waals surface area contributed by atoms with Crippen molar-refractivity contribution in [2.45, 2.75) is 13.8 Å². The molecule has 2 heteroatoms. The van der Waals surface area contributed by atoms with Gasteiger partial charge in [0.1, 0.15) is 5.65 Å². The second-order valence-corrected chi connectivity index (χ2v) is 1.79. The molecule has 0 amide bonds. The van der Waals surface area contributed by atoms with Gasteiger partial charge in [0.2, 0.25) is 0 Å². The van der Waals surface area contributed by atoms with Crippen molar-refractivity contribution < 1.29 is 1.43 Å². The first kappa shape index (κ1) is 6.93. The van der Waals surface area contributed by atoms with E-state index < -0.39 is 0 Å². The van der Waals surface area contributed by atoms with Gasteiger partial charge >= 0.3 is 0 Å². The number of aromatic amines is 2. The normalized spacial score (nSPS) is 9.00. The molecule has 2 N–H and O–H groups in total. The highest BCUT2D eigenvalue weighted by atomic mass is 14.8. The molecule has 0 radical (unpaired) electrons. The van der Waals surface area contributed by atoms with Crippen LogP contribution in [0, 0.1) is 0 Å². The molecule has 0 spiro atoms. The maximum atomic E-state index is 3.04. The molecular weight excluding hydrogens is 124 g/mol. The largest absolute Gasteiger partial charge is 0.348 e. The number of hydrogen-bond acceptors (Lipinski definition) is 0. The minimum absolute atomic E-state index is 0. The third-order valence-electron chi connectivity index (χ3n) is 1.27. The van der Waals surface area contributed by atoms with Gasteiger partial charge in [-0.25, -0.2) is 0 Å². The molecule has 0 unspecified atom stereocenters. The van der Waals surface area contributed by atoms with E-state index in [9.17, 15) is 0 Å². The monoisotopic (exact) mass is 138 g/mol. The first-order valence-electron chi connectivity index (χ1n) is 3.57. The first-order valence-corrected chi connectivity index (χ1v) is 3.57. The van der Waals surface area contributed by atoms with E-state index >= 15 is 0 Å². The molecule has 0 aliphatic heterocycles. The summed E-state index contributed by atoms with van der Waals surface area (Å²) < 4.78 is 0. The van der Waals surface area contributed by atoms with E-state index in [1.165, 1.54) is 5.39 Å². The van der Waals surface area contributed by atoms with Crippen molar-refractivity contribution >= 4 is 11.0 Å². The molecule has 2 nitrogen and oxygen atoms in total. The van der Waals surface area contributed by atoms with Crippen LogP contribution in [0.15, 0.2) is 24.5 Å². The number of nitrogens with one attached hydrogen (secondary N) is 2. The second kappa shape index (κ2) is 3.11. The van der Waals surface area contributed by atoms with Gasteiger partial charge in [-0.3, -0.25) is 0 Å². The third-order valence-corrected chi connectivity index (χ3v) is 1.27. The van der Waals surface area contributed by atoms with Crippen molar-refractivity contribution in [3.63, 3.8) is 0 Å². The van der Waals surface area contributed by atoms with Gasteiger partial charge in [0, 0.05) is 19.2 Å². The molecule has 0 fully saturated rings. The van der Waals surface area contributed by atoms with Crippen LogP contribution >= 0.6 is 0 Å². The molecule has 0 aliphatic rings. The average molecular weight is 138 g/mol. The highest BCUT2D eigenvalue weighted by Gasteiger charge is 1.88. The zero-order chi connectivity index (χ0) is 7.40. The van der Waals surface area contributed by atoms with Crippen molar-refractivity contribution in [2.24, 2.45) is 0 Å². The van der Waals surface area contributed by atoms with Crippen molar-refractivity contribution in [1.82, 2.24) is 9.97 Å². The van der Waals surface area contributed by atoms with E-state index in [2.05, 4.69) is 9.97 Å². The molecule has 0 bridgehead atoms. The van der Waals surface area contributed by atoms with E-state index in [0.717, 1.165) is 5.65 Å². The van der Waals surface area contributed by atoms with Gasteiger partial charge in [-0.15, -0.1) is 0 Å². The van der Waals surface area contributed by atoms with Crippen molar-refractivity contribution in [1.29, 1.82) is 0 Å². The first-order chi connectivity index (χ1) is 4.97. The third kappa shape index (κ3) is 1.05. The van der Waals surface area contributed by atoms with E-state index in [0.29, 0.717) is 0 Å². The Kier molecular flexibility index (Phi) is 2.15. The summed E-state index contributed by atoms with van der Waals surface area (Å²) in [5, 5.41) is 1.24. The standard InChI is InChI=1S/C6H6N2.C2H6.H2/c1-3-7-6-5(1)2-4-8-6;1-2;/h1-4,7-8H;1-2H3;1H. The summed E-state index contributed by atoms with van der Waals surface area (Å²) >= 11 is 0. The van der Waals surface area contributed by atoms with Crippen molar-refractivity contribution in [2.75, 3.05) is 0 Å². The minimum Gasteiger partial charge on any atom is -0.348 e. The lowest BCUT2D eigenvalue weighted by Crippen LogP contribution is -1.58. The van der Waals surface area contributed by atoms with Crippen LogP contribution in [-0.4, -0.2) is 9.97 Å². The number of aromatic nitrogens is 2. The number of H-pyrrole nitrogens is 2. The Morgan fingerprint density at radius 3 is 2.00 bits per heavy atom. The highest BCUT2D eigenvalue weighted by Crippen LogP contribution is 2.06. The van der Waals surface area contributed by atoms with Crippen LogP contribution in [0.25, 0.3) is 11.0 Å². The Morgan fingerprint density at radius 2 is 1.60 bits per heavy atom. The number of hydrogen-bond donors (Lipinski definition) is 2. The summed E-state index contributed by atoms with van der Waals surface area (Å²) in [7, 11) is 0. The lowest BCUT2D eigenvalue weighted by Gasteiger charge is -1.69. The molecule has 0 saturated carbocycles. The summed E-state index contributed by atoms with van der Waals surface area (Å²) in [5.74, 6) is 0. The summed E-state index contributed by atoms with van der Waals surface area (Å²) in [4.78, 5) is 6.09. The molecule has 0 atom stereocenters. The molecule has 0 aliphatic carbocycles. The van der Waals surface area contributed by atoms with Gasteiger partial charge in [-0.2, -0.15) is 0 Å². The van der Waals surface area contributed by atoms with Gasteiger partial charge in [-0.1, -0.05) is 13.8 Å². The predicted molar refractivity (Wildman–Crippen MR) is 46.1 cm³/mol. The predicted octanol–water partition coefficient (Wildman–Crippen LogP) is 2.77. The fourth-order valence-electron chi connectivity index (χ4n) is 0.860. The Balaban J connectivity index is 0.000000311. The van der Waals surface area contributed by atoms with E-state index in [1.807, 2.05) is 38.4 Å². The number of rotatable bonds is 0. The van der Waals surface area contributed by atoms with E-state index in [4.69, 9.17) is 0 Å². The Labute approximate surface area is 61.8 Å². The molecule has 10 heavy (non-hydrogen) atoms. The lowest BCUT2D eigenvalue weighted by atomic mass is 10.4. The maximum Gasteiger partial charge on any atom is 0.114 e. The summed E-state index contributed by atoms with van der Waals surface area (Å²) in [5.41, 5.74) is 1.10. The zero-order valence-electron chi connectivity index (χ0n) is 6.31. The summed E-state index contributed by atoms with van der Waals surface area (Å²) in [6.45, 7) is 4.00. The van der Waals surface area contributed by atoms with Gasteiger partial charge in [0.05, 0.1) is 0 Å². The van der Waals surface area contributed by atoms with E-state index in [1.54, 1.807) is 0 Å². The quantitative estimate of drug-likeness (QED) is 0.561. The molecule has 2 aromatic heterocycles. The van der Waals surface area contributed by atoms with Crippen LogP contribution in [0.2, 0.25) is 0 Å². The fourth-order valence-corrected chi connectivity index (χ4v) is 0.860. The van der Waals surface area contributed by atoms with Gasteiger partial charge in [0.15, 0.2) is 0 Å². The van der Waals surface area contributed by atoms with Gasteiger partial charge < -0.3 is 9.97 Å². The zero-order valence-corrected chi connectivity index (χ0v) is 6.31. The van der Waals surface area contributed by atoms with Crippen LogP contribution in [-0.2, 0) is 0 Å². The molecule has 2 heterocycles. The highest BCUT2D eigenvalue weighted by molar-refractivity contribution is 5.75. The van der Waals surface area contributed by atoms with Gasteiger partial charge in [-0.05, 0) is 12.1 Å². The Bertz CT molecular complexity index is 233. The maximum absolute atomic E-state index is 3.04. The van der Waals surface area contributed by atoms with E-state index in [-0.39, 0.29) is 1.43 Å². The lowest BCUT2D eigenvalue weighted by molar-refractivity contribution is 1.35. The average Bonchev–Trinajstić information content (AvgIpc) is 2.49. The van der Waals surface area contributed by atoms with Crippen LogP contribution in [0.3, 0.4) is 0 Å². The van der Waals surface area contributed by atoms with Crippen molar-refractivity contribution in [3.8, 4) is 0 Å². The number of fused-ring (bicyclic) bond motifs is 1. The smallest absolute Gasteiger partial charge is 0.114 e. The molecule has 0 aromatic carbocycles. The Hall–Kier alpha value is -1.18. The molecule has 2 aromatic rings. The molecular formula is C8H14N2. The minimum atomic E-state index is 0. The molecule has 2 rings (SSSR count). The van der Waals surface area contributed by atoms with Crippen LogP contribution in [0.1, 0.15) is 15.3 Å². The van der Waals surface area contributed by atoms with Crippen LogP contribution in [0.4, 0.5) is 0 Å². The second-order valence-electron chi connectivity index (χ2n) is 1.79. The van der Waals surface area contributed by atoms with Gasteiger partial charge in [0.25, 0.3) is 0 Å². The van der Waals surface area contributed by atoms with Crippen LogP contribution < -0.4 is 0 Å². The molecule has 56 valence electrons. The fraction of sp³-hybridized carbons (Fsp3) is 0.250. The van der Waals surface area contributed by atoms with Crippen molar-refractivity contribution in [3.05, 3.63) is 24.5 Å².